The summed E-state index contributed by atoms with van der Waals surface area (Å²) < 4.78 is 17.1. The molecule has 0 aromatic heterocycles. The lowest BCUT2D eigenvalue weighted by molar-refractivity contribution is -0.137. The van der Waals surface area contributed by atoms with Gasteiger partial charge in [0.05, 0.1) is 32.1 Å². The largest absolute Gasteiger partial charge is 0.496 e. The van der Waals surface area contributed by atoms with E-state index in [1.807, 2.05) is 0 Å². The maximum absolute atomic E-state index is 14.0. The fourth-order valence-electron chi connectivity index (χ4n) is 6.41. The van der Waals surface area contributed by atoms with Gasteiger partial charge in [-0.1, -0.05) is 59.7 Å². The molecule has 0 aliphatic carbocycles. The van der Waals surface area contributed by atoms with Gasteiger partial charge in [-0.05, 0) is 40.9 Å². The van der Waals surface area contributed by atoms with Crippen LogP contribution < -0.4 is 24.6 Å². The van der Waals surface area contributed by atoms with Gasteiger partial charge in [-0.3, -0.25) is 28.9 Å². The van der Waals surface area contributed by atoms with E-state index >= 15 is 0 Å². The molecule has 0 spiro atoms. The number of benzene rings is 2. The highest BCUT2D eigenvalue weighted by Gasteiger charge is 2.46. The summed E-state index contributed by atoms with van der Waals surface area (Å²) in [5.74, 6) is -4.60. The van der Waals surface area contributed by atoms with E-state index in [-0.39, 0.29) is 58.2 Å². The summed E-state index contributed by atoms with van der Waals surface area (Å²) >= 11 is 0. The molecule has 0 unspecified atom stereocenters. The van der Waals surface area contributed by atoms with Crippen LogP contribution in [0, 0.1) is 0 Å². The van der Waals surface area contributed by atoms with Crippen LogP contribution in [0.25, 0.3) is 0 Å². The Morgan fingerprint density at radius 3 is 1.91 bits per heavy atom. The van der Waals surface area contributed by atoms with E-state index in [0.29, 0.717) is 0 Å². The monoisotopic (exact) mass is 641 g/mol. The van der Waals surface area contributed by atoms with E-state index in [0.717, 1.165) is 4.90 Å². The Kier molecular flexibility index (Phi) is 11.5. The summed E-state index contributed by atoms with van der Waals surface area (Å²) in [4.78, 5) is 68.8. The SMILES string of the molecule is COc1cccc(OC)c1C(=O)C(=O)N[C@H]1CN(C(=O)CO[Si](C(C)C)(C(C)C)C(C)C)c2ccccc2N(CC(=O)O)C1=O. The maximum Gasteiger partial charge on any atom is 0.323 e. The lowest BCUT2D eigenvalue weighted by atomic mass is 10.1. The number of para-hydroxylation sites is 2. The van der Waals surface area contributed by atoms with Gasteiger partial charge in [-0.25, -0.2) is 0 Å². The van der Waals surface area contributed by atoms with Crippen LogP contribution in [-0.2, 0) is 23.6 Å². The number of Topliss-reactive ketones (excluding diaryl/α,β-unsaturated/α-hetero) is 1. The number of nitrogens with zero attached hydrogens (tertiary/aromatic N) is 2. The van der Waals surface area contributed by atoms with Crippen molar-refractivity contribution in [1.29, 1.82) is 0 Å². The molecular weight excluding hydrogens is 598 g/mol. The van der Waals surface area contributed by atoms with Crippen LogP contribution >= 0.6 is 0 Å². The van der Waals surface area contributed by atoms with Gasteiger partial charge in [0, 0.05) is 0 Å². The lowest BCUT2D eigenvalue weighted by Crippen LogP contribution is -2.55. The second-order valence-electron chi connectivity index (χ2n) is 11.8. The number of methoxy groups -OCH3 is 2. The van der Waals surface area contributed by atoms with Crippen LogP contribution in [0.4, 0.5) is 11.4 Å². The minimum absolute atomic E-state index is 0.0867. The number of carboxylic acids is 1. The molecule has 0 saturated carbocycles. The standard InChI is InChI=1S/C32H43N3O9Si/c1-19(2)45(20(3)4,21(5)6)44-18-27(36)34-16-22(32(41)35(17-28(37)38)24-13-10-9-12-23(24)34)33-31(40)30(39)29-25(42-7)14-11-15-26(29)43-8/h9-15,19-22H,16-18H2,1-8H3,(H,33,40)(H,37,38)/t22-/m0/s1. The Hall–Kier alpha value is -4.23. The van der Waals surface area contributed by atoms with Crippen LogP contribution in [0.2, 0.25) is 16.6 Å². The van der Waals surface area contributed by atoms with E-state index in [9.17, 15) is 29.1 Å². The predicted octanol–water partition coefficient (Wildman–Crippen LogP) is 4.03. The van der Waals surface area contributed by atoms with Crippen molar-refractivity contribution >= 4 is 49.2 Å². The highest BCUT2D eigenvalue weighted by Crippen LogP contribution is 2.42. The first-order chi connectivity index (χ1) is 21.2. The van der Waals surface area contributed by atoms with Gasteiger partial charge in [-0.2, -0.15) is 0 Å². The van der Waals surface area contributed by atoms with Gasteiger partial charge in [0.2, 0.25) is 8.32 Å². The Morgan fingerprint density at radius 2 is 1.42 bits per heavy atom. The number of anilines is 2. The molecule has 1 heterocycles. The summed E-state index contributed by atoms with van der Waals surface area (Å²) in [6, 6.07) is 9.49. The molecule has 1 aliphatic heterocycles. The van der Waals surface area contributed by atoms with E-state index in [1.54, 1.807) is 24.3 Å². The zero-order valence-corrected chi connectivity index (χ0v) is 28.1. The predicted molar refractivity (Wildman–Crippen MR) is 172 cm³/mol. The second-order valence-corrected chi connectivity index (χ2v) is 17.3. The Balaban J connectivity index is 2.04. The number of carbonyl (C=O) groups is 5. The van der Waals surface area contributed by atoms with Gasteiger partial charge in [0.1, 0.15) is 36.3 Å². The molecule has 45 heavy (non-hydrogen) atoms. The summed E-state index contributed by atoms with van der Waals surface area (Å²) in [6.07, 6.45) is 0. The Morgan fingerprint density at radius 1 is 0.889 bits per heavy atom. The molecule has 1 aliphatic rings. The zero-order chi connectivity index (χ0) is 33.6. The highest BCUT2D eigenvalue weighted by molar-refractivity contribution is 6.77. The van der Waals surface area contributed by atoms with Gasteiger partial charge in [0.15, 0.2) is 0 Å². The highest BCUT2D eigenvalue weighted by atomic mass is 28.4. The molecular formula is C32H43N3O9Si. The zero-order valence-electron chi connectivity index (χ0n) is 27.1. The van der Waals surface area contributed by atoms with Crippen LogP contribution in [0.1, 0.15) is 51.9 Å². The van der Waals surface area contributed by atoms with Gasteiger partial charge in [0.25, 0.3) is 23.5 Å². The summed E-state index contributed by atoms with van der Waals surface area (Å²) in [6.45, 7) is 11.2. The number of hydrogen-bond donors (Lipinski definition) is 2. The Labute approximate surface area is 264 Å². The smallest absolute Gasteiger partial charge is 0.323 e. The summed E-state index contributed by atoms with van der Waals surface area (Å²) in [7, 11) is 0.206. The van der Waals surface area contributed by atoms with Crippen molar-refractivity contribution in [1.82, 2.24) is 5.32 Å². The number of nitrogens with one attached hydrogen (secondary N) is 1. The van der Waals surface area contributed by atoms with E-state index < -0.39 is 50.4 Å². The molecule has 0 saturated heterocycles. The third kappa shape index (κ3) is 7.20. The van der Waals surface area contributed by atoms with E-state index in [2.05, 4.69) is 46.9 Å². The number of aliphatic carboxylic acids is 1. The molecule has 2 N–H and O–H groups in total. The average molecular weight is 642 g/mol. The molecule has 0 fully saturated rings. The second kappa shape index (κ2) is 14.7. The van der Waals surface area contributed by atoms with Crippen molar-refractivity contribution in [2.24, 2.45) is 0 Å². The van der Waals surface area contributed by atoms with Crippen molar-refractivity contribution in [3.63, 3.8) is 0 Å². The van der Waals surface area contributed by atoms with Gasteiger partial charge >= 0.3 is 5.97 Å². The summed E-state index contributed by atoms with van der Waals surface area (Å²) in [5, 5.41) is 12.1. The minimum atomic E-state index is -2.46. The van der Waals surface area contributed by atoms with Crippen LogP contribution in [0.15, 0.2) is 42.5 Å². The number of ketones is 1. The molecule has 0 radical (unpaired) electrons. The quantitative estimate of drug-likeness (QED) is 0.188. The van der Waals surface area contributed by atoms with Crippen molar-refractivity contribution in [3.8, 4) is 11.5 Å². The van der Waals surface area contributed by atoms with Crippen LogP contribution in [0.5, 0.6) is 11.5 Å². The molecule has 1 atom stereocenters. The number of carbonyl (C=O) groups excluding carboxylic acids is 4. The number of rotatable bonds is 13. The minimum Gasteiger partial charge on any atom is -0.496 e. The number of carboxylic acid groups (broad SMARTS) is 1. The van der Waals surface area contributed by atoms with Crippen LogP contribution in [-0.4, -0.2) is 82.9 Å². The van der Waals surface area contributed by atoms with Crippen molar-refractivity contribution in [3.05, 3.63) is 48.0 Å². The average Bonchev–Trinajstić information content (AvgIpc) is 3.10. The number of ether oxygens (including phenoxy) is 2. The fourth-order valence-corrected chi connectivity index (χ4v) is 11.8. The molecule has 3 amide bonds. The Bertz CT molecular complexity index is 1400. The molecule has 2 aromatic carbocycles. The summed E-state index contributed by atoms with van der Waals surface area (Å²) in [5.41, 5.74) is 0.928. The number of amides is 3. The normalized spacial score (nSPS) is 15.2. The first-order valence-electron chi connectivity index (χ1n) is 14.8. The van der Waals surface area contributed by atoms with Crippen molar-refractivity contribution in [2.75, 3.05) is 43.7 Å². The topological polar surface area (TPSA) is 152 Å². The van der Waals surface area contributed by atoms with Gasteiger partial charge < -0.3 is 29.2 Å². The van der Waals surface area contributed by atoms with Crippen LogP contribution in [0.3, 0.4) is 0 Å². The molecule has 13 heteroatoms. The lowest BCUT2D eigenvalue weighted by Gasteiger charge is -2.42. The third-order valence-electron chi connectivity index (χ3n) is 8.31. The molecule has 2 aromatic rings. The van der Waals surface area contributed by atoms with Crippen molar-refractivity contribution in [2.45, 2.75) is 64.2 Å². The van der Waals surface area contributed by atoms with E-state index in [1.165, 1.54) is 37.3 Å². The molecule has 3 rings (SSSR count). The van der Waals surface area contributed by atoms with Gasteiger partial charge in [-0.15, -0.1) is 0 Å². The molecule has 244 valence electrons. The maximum atomic E-state index is 14.0. The first kappa shape index (κ1) is 35.2. The third-order valence-corrected chi connectivity index (χ3v) is 14.4. The molecule has 12 nitrogen and oxygen atoms in total. The van der Waals surface area contributed by atoms with E-state index in [4.69, 9.17) is 13.9 Å². The van der Waals surface area contributed by atoms with Crippen molar-refractivity contribution < 1.29 is 43.0 Å². The number of hydrogen-bond acceptors (Lipinski definition) is 8. The molecule has 0 bridgehead atoms. The fraction of sp³-hybridized carbons (Fsp3) is 0.469. The first-order valence-corrected chi connectivity index (χ1v) is 17.0. The number of fused-ring (bicyclic) bond motifs is 1.